The zero-order chi connectivity index (χ0) is 14.7. The van der Waals surface area contributed by atoms with Crippen molar-refractivity contribution in [1.29, 1.82) is 0 Å². The first-order valence-electron chi connectivity index (χ1n) is 5.61. The molecule has 0 saturated heterocycles. The van der Waals surface area contributed by atoms with Crippen LogP contribution in [0.4, 0.5) is 0 Å². The van der Waals surface area contributed by atoms with Crippen molar-refractivity contribution >= 4 is 5.97 Å². The molecule has 106 valence electrons. The lowest BCUT2D eigenvalue weighted by molar-refractivity contribution is 0.0652. The number of ether oxygens (including phenoxy) is 3. The highest BCUT2D eigenvalue weighted by Crippen LogP contribution is 2.41. The summed E-state index contributed by atoms with van der Waals surface area (Å²) in [5.41, 5.74) is 0.830. The van der Waals surface area contributed by atoms with Gasteiger partial charge in [0.25, 0.3) is 0 Å². The maximum Gasteiger partial charge on any atom is 0.374 e. The molecule has 7 nitrogen and oxygen atoms in total. The number of hydrogen-bond acceptors (Lipinski definition) is 6. The SMILES string of the molecule is COc1cc(OC)c(OC)c(-c2cc(C(=O)O)on2)c1. The van der Waals surface area contributed by atoms with E-state index in [9.17, 15) is 4.79 Å². The van der Waals surface area contributed by atoms with Gasteiger partial charge in [-0.15, -0.1) is 0 Å². The van der Waals surface area contributed by atoms with Crippen molar-refractivity contribution in [3.63, 3.8) is 0 Å². The van der Waals surface area contributed by atoms with Crippen molar-refractivity contribution in [2.45, 2.75) is 0 Å². The fourth-order valence-corrected chi connectivity index (χ4v) is 1.75. The molecule has 0 atom stereocenters. The van der Waals surface area contributed by atoms with Crippen LogP contribution in [0.5, 0.6) is 17.2 Å². The molecule has 7 heteroatoms. The molecule has 0 spiro atoms. The second-order valence-electron chi connectivity index (χ2n) is 3.79. The number of aromatic carboxylic acids is 1. The summed E-state index contributed by atoms with van der Waals surface area (Å²) >= 11 is 0. The Bertz CT molecular complexity index is 634. The molecule has 0 fully saturated rings. The Labute approximate surface area is 114 Å². The first kappa shape index (κ1) is 13.7. The molecular formula is C13H13NO6. The van der Waals surface area contributed by atoms with Crippen LogP contribution in [0.2, 0.25) is 0 Å². The Morgan fingerprint density at radius 1 is 1.15 bits per heavy atom. The van der Waals surface area contributed by atoms with Crippen LogP contribution < -0.4 is 14.2 Å². The maximum atomic E-state index is 10.8. The van der Waals surface area contributed by atoms with Crippen LogP contribution in [-0.2, 0) is 0 Å². The molecule has 0 saturated carbocycles. The number of methoxy groups -OCH3 is 3. The van der Waals surface area contributed by atoms with E-state index in [1.807, 2.05) is 0 Å². The fraction of sp³-hybridized carbons (Fsp3) is 0.231. The van der Waals surface area contributed by atoms with E-state index in [1.165, 1.54) is 27.4 Å². The van der Waals surface area contributed by atoms with E-state index in [-0.39, 0.29) is 5.76 Å². The summed E-state index contributed by atoms with van der Waals surface area (Å²) in [6.07, 6.45) is 0. The summed E-state index contributed by atoms with van der Waals surface area (Å²) in [4.78, 5) is 10.8. The van der Waals surface area contributed by atoms with Gasteiger partial charge in [0.15, 0.2) is 11.5 Å². The van der Waals surface area contributed by atoms with Gasteiger partial charge in [0.2, 0.25) is 5.76 Å². The molecule has 0 amide bonds. The molecule has 20 heavy (non-hydrogen) atoms. The van der Waals surface area contributed by atoms with Crippen LogP contribution in [0.15, 0.2) is 22.7 Å². The van der Waals surface area contributed by atoms with Gasteiger partial charge in [0.05, 0.1) is 26.9 Å². The van der Waals surface area contributed by atoms with Crippen LogP contribution in [0.1, 0.15) is 10.6 Å². The zero-order valence-electron chi connectivity index (χ0n) is 11.2. The van der Waals surface area contributed by atoms with Crippen LogP contribution in [0, 0.1) is 0 Å². The topological polar surface area (TPSA) is 91.0 Å². The van der Waals surface area contributed by atoms with Crippen molar-refractivity contribution in [3.8, 4) is 28.5 Å². The van der Waals surface area contributed by atoms with Gasteiger partial charge in [-0.1, -0.05) is 5.16 Å². The normalized spacial score (nSPS) is 10.2. The Balaban J connectivity index is 2.60. The highest BCUT2D eigenvalue weighted by molar-refractivity contribution is 5.86. The van der Waals surface area contributed by atoms with Crippen LogP contribution in [-0.4, -0.2) is 37.6 Å². The number of carbonyl (C=O) groups is 1. The Morgan fingerprint density at radius 2 is 1.90 bits per heavy atom. The van der Waals surface area contributed by atoms with E-state index < -0.39 is 5.97 Å². The first-order valence-corrected chi connectivity index (χ1v) is 5.61. The van der Waals surface area contributed by atoms with E-state index in [1.54, 1.807) is 12.1 Å². The van der Waals surface area contributed by atoms with Gasteiger partial charge in [-0.25, -0.2) is 4.79 Å². The van der Waals surface area contributed by atoms with Gasteiger partial charge in [-0.3, -0.25) is 0 Å². The summed E-state index contributed by atoms with van der Waals surface area (Å²) in [7, 11) is 4.48. The van der Waals surface area contributed by atoms with E-state index in [0.29, 0.717) is 28.5 Å². The maximum absolute atomic E-state index is 10.8. The minimum Gasteiger partial charge on any atom is -0.497 e. The molecule has 2 aromatic rings. The second kappa shape index (κ2) is 5.52. The van der Waals surface area contributed by atoms with Gasteiger partial charge in [-0.05, 0) is 6.07 Å². The average molecular weight is 279 g/mol. The quantitative estimate of drug-likeness (QED) is 0.895. The molecule has 0 aliphatic heterocycles. The fourth-order valence-electron chi connectivity index (χ4n) is 1.75. The van der Waals surface area contributed by atoms with Crippen molar-refractivity contribution in [3.05, 3.63) is 24.0 Å². The molecule has 0 radical (unpaired) electrons. The van der Waals surface area contributed by atoms with E-state index >= 15 is 0 Å². The Morgan fingerprint density at radius 3 is 2.40 bits per heavy atom. The largest absolute Gasteiger partial charge is 0.497 e. The minimum atomic E-state index is -1.20. The summed E-state index contributed by atoms with van der Waals surface area (Å²) < 4.78 is 20.4. The summed E-state index contributed by atoms with van der Waals surface area (Å²) in [5.74, 6) is -0.0702. The molecule has 0 unspecified atom stereocenters. The van der Waals surface area contributed by atoms with Gasteiger partial charge in [0, 0.05) is 12.1 Å². The highest BCUT2D eigenvalue weighted by atomic mass is 16.5. The molecule has 0 aliphatic rings. The number of aromatic nitrogens is 1. The second-order valence-corrected chi connectivity index (χ2v) is 3.79. The number of hydrogen-bond donors (Lipinski definition) is 1. The molecule has 0 aliphatic carbocycles. The minimum absolute atomic E-state index is 0.260. The monoisotopic (exact) mass is 279 g/mol. The van der Waals surface area contributed by atoms with Gasteiger partial charge >= 0.3 is 5.97 Å². The number of carboxylic acid groups (broad SMARTS) is 1. The van der Waals surface area contributed by atoms with Crippen molar-refractivity contribution in [1.82, 2.24) is 5.16 Å². The molecule has 1 N–H and O–H groups in total. The van der Waals surface area contributed by atoms with E-state index in [0.717, 1.165) is 0 Å². The Hall–Kier alpha value is -2.70. The third-order valence-corrected chi connectivity index (χ3v) is 2.68. The van der Waals surface area contributed by atoms with E-state index in [2.05, 4.69) is 5.16 Å². The van der Waals surface area contributed by atoms with Crippen molar-refractivity contribution in [2.24, 2.45) is 0 Å². The number of carboxylic acids is 1. The Kier molecular flexibility index (Phi) is 3.79. The van der Waals surface area contributed by atoms with Crippen LogP contribution in [0.25, 0.3) is 11.3 Å². The zero-order valence-corrected chi connectivity index (χ0v) is 11.2. The lowest BCUT2D eigenvalue weighted by Crippen LogP contribution is -1.95. The molecule has 1 aromatic heterocycles. The molecule has 2 rings (SSSR count). The predicted molar refractivity (Wildman–Crippen MR) is 68.6 cm³/mol. The van der Waals surface area contributed by atoms with Gasteiger partial charge in [0.1, 0.15) is 11.4 Å². The average Bonchev–Trinajstić information content (AvgIpc) is 2.95. The van der Waals surface area contributed by atoms with Gasteiger partial charge in [-0.2, -0.15) is 0 Å². The lowest BCUT2D eigenvalue weighted by Gasteiger charge is -2.13. The lowest BCUT2D eigenvalue weighted by atomic mass is 10.1. The van der Waals surface area contributed by atoms with Crippen LogP contribution in [0.3, 0.4) is 0 Å². The first-order chi connectivity index (χ1) is 9.60. The molecule has 1 heterocycles. The summed E-state index contributed by atoms with van der Waals surface area (Å²) in [6, 6.07) is 4.62. The highest BCUT2D eigenvalue weighted by Gasteiger charge is 2.19. The van der Waals surface area contributed by atoms with Gasteiger partial charge < -0.3 is 23.8 Å². The molecule has 1 aromatic carbocycles. The third-order valence-electron chi connectivity index (χ3n) is 2.68. The summed E-state index contributed by atoms with van der Waals surface area (Å²) in [6.45, 7) is 0. The van der Waals surface area contributed by atoms with Crippen LogP contribution >= 0.6 is 0 Å². The van der Waals surface area contributed by atoms with Crippen molar-refractivity contribution in [2.75, 3.05) is 21.3 Å². The third kappa shape index (κ3) is 2.37. The predicted octanol–water partition coefficient (Wildman–Crippen LogP) is 2.07. The molecular weight excluding hydrogens is 266 g/mol. The molecule has 0 bridgehead atoms. The standard InChI is InChI=1S/C13H13NO6/c1-17-7-4-8(12(19-3)10(5-7)18-2)9-6-11(13(15)16)20-14-9/h4-6H,1-3H3,(H,15,16). The van der Waals surface area contributed by atoms with E-state index in [4.69, 9.17) is 23.8 Å². The van der Waals surface area contributed by atoms with Crippen molar-refractivity contribution < 1.29 is 28.6 Å². The number of nitrogens with zero attached hydrogens (tertiary/aromatic N) is 1. The summed E-state index contributed by atoms with van der Waals surface area (Å²) in [5, 5.41) is 12.6. The number of rotatable bonds is 5. The number of benzene rings is 1. The smallest absolute Gasteiger partial charge is 0.374 e.